The van der Waals surface area contributed by atoms with Crippen LogP contribution in [0.4, 0.5) is 17.2 Å². The summed E-state index contributed by atoms with van der Waals surface area (Å²) in [5.41, 5.74) is 2.45. The first-order valence-electron chi connectivity index (χ1n) is 10.0. The number of rotatable bonds is 7. The number of nitrogens with one attached hydrogen (secondary N) is 1. The Kier molecular flexibility index (Phi) is 5.91. The maximum Gasteiger partial charge on any atom is 0.271 e. The number of nitro benzene ring substituents is 1. The van der Waals surface area contributed by atoms with Gasteiger partial charge in [-0.05, 0) is 44.5 Å². The molecule has 0 aliphatic carbocycles. The minimum absolute atomic E-state index is 0.0384. The van der Waals surface area contributed by atoms with Gasteiger partial charge in [0.05, 0.1) is 29.7 Å². The van der Waals surface area contributed by atoms with Crippen molar-refractivity contribution in [1.82, 2.24) is 9.97 Å². The highest BCUT2D eigenvalue weighted by atomic mass is 32.1. The Balaban J connectivity index is 1.87. The third-order valence-electron chi connectivity index (χ3n) is 4.94. The highest BCUT2D eigenvalue weighted by molar-refractivity contribution is 7.19. The number of methoxy groups -OCH3 is 1. The fourth-order valence-electron chi connectivity index (χ4n) is 3.58. The number of nitrogens with zero attached hydrogens (tertiary/aromatic N) is 3. The molecular formula is C23H22N4O4S. The fourth-order valence-corrected chi connectivity index (χ4v) is 4.67. The van der Waals surface area contributed by atoms with Gasteiger partial charge in [-0.1, -0.05) is 12.1 Å². The van der Waals surface area contributed by atoms with Gasteiger partial charge in [0.25, 0.3) is 5.69 Å². The Hall–Kier alpha value is -3.72. The summed E-state index contributed by atoms with van der Waals surface area (Å²) in [6, 6.07) is 12.3. The number of fused-ring (bicyclic) bond motifs is 1. The van der Waals surface area contributed by atoms with Gasteiger partial charge in [-0.3, -0.25) is 10.1 Å². The maximum absolute atomic E-state index is 11.3. The molecule has 0 bridgehead atoms. The smallest absolute Gasteiger partial charge is 0.271 e. The molecule has 0 unspecified atom stereocenters. The first-order valence-corrected chi connectivity index (χ1v) is 10.8. The van der Waals surface area contributed by atoms with Gasteiger partial charge in [-0.15, -0.1) is 11.3 Å². The second-order valence-corrected chi connectivity index (χ2v) is 8.26. The zero-order valence-corrected chi connectivity index (χ0v) is 18.9. The lowest BCUT2D eigenvalue weighted by molar-refractivity contribution is -0.384. The fraction of sp³-hybridized carbons (Fsp3) is 0.217. The highest BCUT2D eigenvalue weighted by Crippen LogP contribution is 2.42. The number of non-ortho nitro benzene ring substituents is 1. The van der Waals surface area contributed by atoms with E-state index in [1.54, 1.807) is 17.4 Å². The molecule has 164 valence electrons. The summed E-state index contributed by atoms with van der Waals surface area (Å²) in [4.78, 5) is 22.0. The summed E-state index contributed by atoms with van der Waals surface area (Å²) in [6.45, 7) is 6.42. The number of hydrogen-bond donors (Lipinski definition) is 1. The average molecular weight is 451 g/mol. The van der Waals surface area contributed by atoms with Crippen LogP contribution in [0.5, 0.6) is 11.5 Å². The largest absolute Gasteiger partial charge is 0.495 e. The standard InChI is InChI=1S/C23H22N4O4S/c1-5-31-17-9-6-15(7-10-17)20-13(2)32-23-21(20)22(24-14(3)25-23)26-18-12-16(27(28)29)8-11-19(18)30-4/h6-12H,5H2,1-4H3,(H,24,25,26). The van der Waals surface area contributed by atoms with Crippen molar-refractivity contribution in [2.24, 2.45) is 0 Å². The minimum atomic E-state index is -0.439. The molecule has 0 fully saturated rings. The molecule has 0 atom stereocenters. The molecular weight excluding hydrogens is 428 g/mol. The van der Waals surface area contributed by atoms with Crippen LogP contribution in [0.2, 0.25) is 0 Å². The SMILES string of the molecule is CCOc1ccc(-c2c(C)sc3nc(C)nc(Nc4cc([N+](=O)[O-])ccc4OC)c23)cc1. The van der Waals surface area contributed by atoms with Crippen LogP contribution in [0.1, 0.15) is 17.6 Å². The van der Waals surface area contributed by atoms with E-state index in [2.05, 4.69) is 15.3 Å². The van der Waals surface area contributed by atoms with Crippen LogP contribution in [-0.4, -0.2) is 28.6 Å². The predicted molar refractivity (Wildman–Crippen MR) is 126 cm³/mol. The quantitative estimate of drug-likeness (QED) is 0.271. The third-order valence-corrected chi connectivity index (χ3v) is 5.94. The van der Waals surface area contributed by atoms with Crippen LogP contribution in [-0.2, 0) is 0 Å². The normalized spacial score (nSPS) is 10.9. The average Bonchev–Trinajstić information content (AvgIpc) is 3.10. The second kappa shape index (κ2) is 8.80. The van der Waals surface area contributed by atoms with Gasteiger partial charge in [0.15, 0.2) is 0 Å². The van der Waals surface area contributed by atoms with Crippen molar-refractivity contribution in [3.8, 4) is 22.6 Å². The van der Waals surface area contributed by atoms with Crippen molar-refractivity contribution in [2.75, 3.05) is 19.0 Å². The van der Waals surface area contributed by atoms with E-state index in [0.29, 0.717) is 29.7 Å². The topological polar surface area (TPSA) is 99.4 Å². The molecule has 2 aromatic heterocycles. The summed E-state index contributed by atoms with van der Waals surface area (Å²) in [5.74, 6) is 2.46. The van der Waals surface area contributed by atoms with Crippen molar-refractivity contribution in [3.63, 3.8) is 0 Å². The molecule has 0 saturated heterocycles. The molecule has 2 aromatic carbocycles. The van der Waals surface area contributed by atoms with Crippen LogP contribution in [0.3, 0.4) is 0 Å². The Morgan fingerprint density at radius 1 is 1.12 bits per heavy atom. The summed E-state index contributed by atoms with van der Waals surface area (Å²) in [5, 5.41) is 15.4. The summed E-state index contributed by atoms with van der Waals surface area (Å²) in [7, 11) is 1.52. The molecule has 9 heteroatoms. The van der Waals surface area contributed by atoms with Gasteiger partial charge in [-0.2, -0.15) is 0 Å². The van der Waals surface area contributed by atoms with Crippen LogP contribution in [0.15, 0.2) is 42.5 Å². The van der Waals surface area contributed by atoms with Crippen molar-refractivity contribution in [2.45, 2.75) is 20.8 Å². The van der Waals surface area contributed by atoms with E-state index >= 15 is 0 Å². The summed E-state index contributed by atoms with van der Waals surface area (Å²) in [6.07, 6.45) is 0. The second-order valence-electron chi connectivity index (χ2n) is 7.06. The zero-order valence-electron chi connectivity index (χ0n) is 18.1. The van der Waals surface area contributed by atoms with Crippen LogP contribution < -0.4 is 14.8 Å². The number of hydrogen-bond acceptors (Lipinski definition) is 8. The lowest BCUT2D eigenvalue weighted by Gasteiger charge is -2.13. The number of thiophene rings is 1. The molecule has 0 aliphatic heterocycles. The van der Waals surface area contributed by atoms with Crippen molar-refractivity contribution < 1.29 is 14.4 Å². The summed E-state index contributed by atoms with van der Waals surface area (Å²) >= 11 is 1.58. The number of anilines is 2. The van der Waals surface area contributed by atoms with E-state index < -0.39 is 4.92 Å². The Morgan fingerprint density at radius 3 is 2.53 bits per heavy atom. The van der Waals surface area contributed by atoms with E-state index in [-0.39, 0.29) is 5.69 Å². The third kappa shape index (κ3) is 4.06. The first-order chi connectivity index (χ1) is 15.4. The number of ether oxygens (including phenoxy) is 2. The van der Waals surface area contributed by atoms with E-state index in [1.165, 1.54) is 19.2 Å². The number of nitro groups is 1. The molecule has 0 aliphatic rings. The molecule has 32 heavy (non-hydrogen) atoms. The van der Waals surface area contributed by atoms with Gasteiger partial charge in [0.1, 0.15) is 28.0 Å². The Morgan fingerprint density at radius 2 is 1.88 bits per heavy atom. The lowest BCUT2D eigenvalue weighted by Crippen LogP contribution is -2.01. The zero-order chi connectivity index (χ0) is 22.8. The van der Waals surface area contributed by atoms with Gasteiger partial charge < -0.3 is 14.8 Å². The highest BCUT2D eigenvalue weighted by Gasteiger charge is 2.20. The van der Waals surface area contributed by atoms with E-state index in [1.807, 2.05) is 45.0 Å². The molecule has 0 amide bonds. The number of aryl methyl sites for hydroxylation is 2. The number of benzene rings is 2. The van der Waals surface area contributed by atoms with Gasteiger partial charge >= 0.3 is 0 Å². The van der Waals surface area contributed by atoms with E-state index in [4.69, 9.17) is 9.47 Å². The molecule has 8 nitrogen and oxygen atoms in total. The number of aromatic nitrogens is 2. The van der Waals surface area contributed by atoms with Crippen molar-refractivity contribution >= 4 is 38.7 Å². The first kappa shape index (κ1) is 21.5. The predicted octanol–water partition coefficient (Wildman–Crippen LogP) is 6.03. The van der Waals surface area contributed by atoms with Gasteiger partial charge in [0.2, 0.25) is 0 Å². The molecule has 2 heterocycles. The van der Waals surface area contributed by atoms with Gasteiger partial charge in [-0.25, -0.2) is 9.97 Å². The molecule has 0 saturated carbocycles. The molecule has 4 aromatic rings. The summed E-state index contributed by atoms with van der Waals surface area (Å²) < 4.78 is 11.0. The van der Waals surface area contributed by atoms with E-state index in [9.17, 15) is 10.1 Å². The molecule has 4 rings (SSSR count). The van der Waals surface area contributed by atoms with Gasteiger partial charge in [0, 0.05) is 22.6 Å². The monoisotopic (exact) mass is 450 g/mol. The molecule has 0 radical (unpaired) electrons. The maximum atomic E-state index is 11.3. The lowest BCUT2D eigenvalue weighted by atomic mass is 10.0. The van der Waals surface area contributed by atoms with Crippen molar-refractivity contribution in [3.05, 3.63) is 63.3 Å². The molecule has 1 N–H and O–H groups in total. The van der Waals surface area contributed by atoms with Crippen LogP contribution >= 0.6 is 11.3 Å². The van der Waals surface area contributed by atoms with Crippen molar-refractivity contribution in [1.29, 1.82) is 0 Å². The van der Waals surface area contributed by atoms with Crippen LogP contribution in [0.25, 0.3) is 21.3 Å². The van der Waals surface area contributed by atoms with Crippen LogP contribution in [0, 0.1) is 24.0 Å². The Bertz CT molecular complexity index is 1300. The minimum Gasteiger partial charge on any atom is -0.495 e. The van der Waals surface area contributed by atoms with E-state index in [0.717, 1.165) is 32.0 Å². The Labute approximate surface area is 189 Å². The molecule has 0 spiro atoms.